The van der Waals surface area contributed by atoms with Gasteiger partial charge in [-0.2, -0.15) is 0 Å². The van der Waals surface area contributed by atoms with Crippen molar-refractivity contribution in [3.05, 3.63) is 58.4 Å². The summed E-state index contributed by atoms with van der Waals surface area (Å²) in [6.07, 6.45) is 0. The molecular formula is C17H14BrNOS. The molecule has 0 aliphatic carbocycles. The van der Waals surface area contributed by atoms with E-state index in [-0.39, 0.29) is 0 Å². The molecule has 0 saturated carbocycles. The van der Waals surface area contributed by atoms with Crippen LogP contribution in [0.1, 0.15) is 6.92 Å². The first-order valence-electron chi connectivity index (χ1n) is 6.71. The number of hydrogen-bond donors (Lipinski definition) is 0. The second-order valence-electron chi connectivity index (χ2n) is 4.48. The molecule has 0 bridgehead atoms. The summed E-state index contributed by atoms with van der Waals surface area (Å²) in [5.74, 6) is 0.884. The van der Waals surface area contributed by atoms with Crippen LogP contribution in [0.25, 0.3) is 21.8 Å². The van der Waals surface area contributed by atoms with Gasteiger partial charge in [0.15, 0.2) is 0 Å². The van der Waals surface area contributed by atoms with Crippen molar-refractivity contribution in [2.45, 2.75) is 6.92 Å². The van der Waals surface area contributed by atoms with E-state index in [1.165, 1.54) is 0 Å². The normalized spacial score (nSPS) is 10.6. The Morgan fingerprint density at radius 2 is 2.00 bits per heavy atom. The van der Waals surface area contributed by atoms with Crippen LogP contribution in [0.15, 0.2) is 58.4 Å². The van der Waals surface area contributed by atoms with E-state index in [9.17, 15) is 0 Å². The van der Waals surface area contributed by atoms with Gasteiger partial charge in [0.2, 0.25) is 0 Å². The second kappa shape index (κ2) is 6.41. The zero-order valence-electron chi connectivity index (χ0n) is 11.5. The van der Waals surface area contributed by atoms with Gasteiger partial charge >= 0.3 is 0 Å². The van der Waals surface area contributed by atoms with Crippen LogP contribution in [0.2, 0.25) is 0 Å². The summed E-state index contributed by atoms with van der Waals surface area (Å²) >= 11 is 5.14. The van der Waals surface area contributed by atoms with Crippen molar-refractivity contribution in [2.75, 3.05) is 6.61 Å². The highest BCUT2D eigenvalue weighted by Crippen LogP contribution is 2.34. The topological polar surface area (TPSA) is 22.1 Å². The monoisotopic (exact) mass is 359 g/mol. The zero-order chi connectivity index (χ0) is 14.7. The van der Waals surface area contributed by atoms with Gasteiger partial charge in [0.25, 0.3) is 0 Å². The van der Waals surface area contributed by atoms with E-state index < -0.39 is 0 Å². The Labute approximate surface area is 136 Å². The molecule has 3 aromatic rings. The van der Waals surface area contributed by atoms with Gasteiger partial charge in [-0.3, -0.25) is 0 Å². The van der Waals surface area contributed by atoms with Crippen molar-refractivity contribution in [1.82, 2.24) is 4.98 Å². The molecule has 1 heterocycles. The Morgan fingerprint density at radius 3 is 2.81 bits per heavy atom. The highest BCUT2D eigenvalue weighted by atomic mass is 79.9. The number of halogens is 1. The first-order chi connectivity index (χ1) is 10.3. The van der Waals surface area contributed by atoms with Crippen molar-refractivity contribution >= 4 is 27.3 Å². The van der Waals surface area contributed by atoms with Crippen molar-refractivity contribution in [3.63, 3.8) is 0 Å². The number of nitrogens with zero attached hydrogens (tertiary/aromatic N) is 1. The molecule has 106 valence electrons. The van der Waals surface area contributed by atoms with E-state index in [0.717, 1.165) is 32.1 Å². The Kier molecular flexibility index (Phi) is 4.36. The summed E-state index contributed by atoms with van der Waals surface area (Å²) in [6.45, 7) is 2.65. The van der Waals surface area contributed by atoms with Crippen LogP contribution >= 0.6 is 27.3 Å². The maximum atomic E-state index is 5.68. The van der Waals surface area contributed by atoms with Gasteiger partial charge in [0.1, 0.15) is 10.8 Å². The summed E-state index contributed by atoms with van der Waals surface area (Å²) in [7, 11) is 0. The standard InChI is InChI=1S/C17H14BrNOS/c1-2-20-16-9-4-3-8-14(16)17-19-15(11-21-17)12-6-5-7-13(18)10-12/h3-11H,2H2,1H3. The summed E-state index contributed by atoms with van der Waals surface area (Å²) in [5.41, 5.74) is 3.15. The molecule has 4 heteroatoms. The molecule has 2 nitrogen and oxygen atoms in total. The summed E-state index contributed by atoms with van der Waals surface area (Å²) in [6, 6.07) is 16.2. The van der Waals surface area contributed by atoms with Crippen LogP contribution in [0.5, 0.6) is 5.75 Å². The molecule has 0 fully saturated rings. The summed E-state index contributed by atoms with van der Waals surface area (Å²) in [4.78, 5) is 4.75. The molecule has 0 amide bonds. The number of hydrogen-bond acceptors (Lipinski definition) is 3. The highest BCUT2D eigenvalue weighted by molar-refractivity contribution is 9.10. The van der Waals surface area contributed by atoms with Gasteiger partial charge in [-0.25, -0.2) is 4.98 Å². The lowest BCUT2D eigenvalue weighted by Gasteiger charge is -2.07. The average molecular weight is 360 g/mol. The Balaban J connectivity index is 1.99. The van der Waals surface area contributed by atoms with Crippen molar-refractivity contribution in [1.29, 1.82) is 0 Å². The van der Waals surface area contributed by atoms with E-state index in [1.54, 1.807) is 11.3 Å². The van der Waals surface area contributed by atoms with E-state index in [2.05, 4.69) is 39.5 Å². The van der Waals surface area contributed by atoms with Crippen LogP contribution in [-0.2, 0) is 0 Å². The molecule has 0 spiro atoms. The molecule has 0 saturated heterocycles. The fraction of sp³-hybridized carbons (Fsp3) is 0.118. The summed E-state index contributed by atoms with van der Waals surface area (Å²) < 4.78 is 6.74. The molecule has 0 atom stereocenters. The fourth-order valence-electron chi connectivity index (χ4n) is 2.10. The van der Waals surface area contributed by atoms with Crippen LogP contribution in [0, 0.1) is 0 Å². The average Bonchev–Trinajstić information content (AvgIpc) is 2.98. The van der Waals surface area contributed by atoms with Gasteiger partial charge in [-0.05, 0) is 31.2 Å². The molecule has 21 heavy (non-hydrogen) atoms. The molecule has 3 rings (SSSR count). The van der Waals surface area contributed by atoms with Crippen molar-refractivity contribution in [3.8, 4) is 27.6 Å². The van der Waals surface area contributed by atoms with Gasteiger partial charge in [-0.1, -0.05) is 40.2 Å². The number of para-hydroxylation sites is 1. The van der Waals surface area contributed by atoms with E-state index >= 15 is 0 Å². The maximum absolute atomic E-state index is 5.68. The largest absolute Gasteiger partial charge is 0.493 e. The predicted molar refractivity (Wildman–Crippen MR) is 91.9 cm³/mol. The lowest BCUT2D eigenvalue weighted by atomic mass is 10.2. The number of aromatic nitrogens is 1. The second-order valence-corrected chi connectivity index (χ2v) is 6.25. The molecule has 0 N–H and O–H groups in total. The fourth-order valence-corrected chi connectivity index (χ4v) is 3.36. The predicted octanol–water partition coefficient (Wildman–Crippen LogP) is 5.64. The van der Waals surface area contributed by atoms with Gasteiger partial charge in [0.05, 0.1) is 17.9 Å². The van der Waals surface area contributed by atoms with Crippen molar-refractivity contribution in [2.24, 2.45) is 0 Å². The maximum Gasteiger partial charge on any atom is 0.129 e. The number of thiazole rings is 1. The number of rotatable bonds is 4. The van der Waals surface area contributed by atoms with Crippen LogP contribution in [-0.4, -0.2) is 11.6 Å². The third-order valence-corrected chi connectivity index (χ3v) is 4.41. The Bertz CT molecular complexity index is 754. The molecule has 2 aromatic carbocycles. The lowest BCUT2D eigenvalue weighted by molar-refractivity contribution is 0.341. The van der Waals surface area contributed by atoms with Crippen LogP contribution < -0.4 is 4.74 Å². The smallest absolute Gasteiger partial charge is 0.129 e. The van der Waals surface area contributed by atoms with Gasteiger partial charge in [-0.15, -0.1) is 11.3 Å². The van der Waals surface area contributed by atoms with Gasteiger partial charge in [0, 0.05) is 15.4 Å². The minimum Gasteiger partial charge on any atom is -0.493 e. The van der Waals surface area contributed by atoms with Crippen molar-refractivity contribution < 1.29 is 4.74 Å². The quantitative estimate of drug-likeness (QED) is 0.601. The molecule has 0 radical (unpaired) electrons. The van der Waals surface area contributed by atoms with Crippen LogP contribution in [0.4, 0.5) is 0 Å². The third kappa shape index (κ3) is 3.17. The molecule has 1 aromatic heterocycles. The SMILES string of the molecule is CCOc1ccccc1-c1nc(-c2cccc(Br)c2)cs1. The zero-order valence-corrected chi connectivity index (χ0v) is 13.9. The van der Waals surface area contributed by atoms with E-state index in [1.807, 2.05) is 37.3 Å². The lowest BCUT2D eigenvalue weighted by Crippen LogP contribution is -1.93. The molecule has 0 unspecified atom stereocenters. The summed E-state index contributed by atoms with van der Waals surface area (Å²) in [5, 5.41) is 3.06. The highest BCUT2D eigenvalue weighted by Gasteiger charge is 2.11. The molecule has 0 aliphatic heterocycles. The van der Waals surface area contributed by atoms with E-state index in [0.29, 0.717) is 6.61 Å². The third-order valence-electron chi connectivity index (χ3n) is 3.04. The first-order valence-corrected chi connectivity index (χ1v) is 8.39. The Morgan fingerprint density at radius 1 is 1.14 bits per heavy atom. The Hall–Kier alpha value is -1.65. The minimum atomic E-state index is 0.654. The minimum absolute atomic E-state index is 0.654. The van der Waals surface area contributed by atoms with E-state index in [4.69, 9.17) is 9.72 Å². The first kappa shape index (κ1) is 14.3. The number of benzene rings is 2. The number of ether oxygens (including phenoxy) is 1. The van der Waals surface area contributed by atoms with Gasteiger partial charge < -0.3 is 4.74 Å². The molecule has 0 aliphatic rings. The van der Waals surface area contributed by atoms with Crippen LogP contribution in [0.3, 0.4) is 0 Å². The molecular weight excluding hydrogens is 346 g/mol.